The minimum absolute atomic E-state index is 0.0211. The Labute approximate surface area is 142 Å². The van der Waals surface area contributed by atoms with Gasteiger partial charge in [-0.05, 0) is 31.2 Å². The summed E-state index contributed by atoms with van der Waals surface area (Å²) in [5.74, 6) is -1.64. The highest BCUT2D eigenvalue weighted by atomic mass is 32.2. The van der Waals surface area contributed by atoms with E-state index in [1.165, 1.54) is 30.8 Å². The van der Waals surface area contributed by atoms with Crippen LogP contribution in [0, 0.1) is 10.1 Å². The second-order valence-corrected chi connectivity index (χ2v) is 5.92. The maximum absolute atomic E-state index is 11.9. The Bertz CT molecular complexity index is 779. The van der Waals surface area contributed by atoms with E-state index in [0.29, 0.717) is 4.90 Å². The fourth-order valence-electron chi connectivity index (χ4n) is 1.78. The molecule has 0 spiro atoms. The van der Waals surface area contributed by atoms with E-state index in [1.807, 2.05) is 30.3 Å². The quantitative estimate of drug-likeness (QED) is 0.489. The Morgan fingerprint density at radius 3 is 2.46 bits per heavy atom. The summed E-state index contributed by atoms with van der Waals surface area (Å²) < 4.78 is 4.85. The molecule has 1 atom stereocenters. The highest BCUT2D eigenvalue weighted by Crippen LogP contribution is 2.35. The molecule has 2 rings (SSSR count). The van der Waals surface area contributed by atoms with E-state index in [-0.39, 0.29) is 11.3 Å². The number of rotatable bonds is 6. The molecule has 0 aliphatic carbocycles. The van der Waals surface area contributed by atoms with Gasteiger partial charge in [-0.2, -0.15) is 0 Å². The lowest BCUT2D eigenvalue weighted by Gasteiger charge is -2.10. The average Bonchev–Trinajstić information content (AvgIpc) is 2.55. The first-order chi connectivity index (χ1) is 11.4. The van der Waals surface area contributed by atoms with Crippen LogP contribution in [0.5, 0.6) is 0 Å². The van der Waals surface area contributed by atoms with Crippen molar-refractivity contribution < 1.29 is 19.2 Å². The summed E-state index contributed by atoms with van der Waals surface area (Å²) >= 11 is 1.21. The molecule has 0 unspecified atom stereocenters. The molecule has 8 heteroatoms. The summed E-state index contributed by atoms with van der Waals surface area (Å²) in [5.41, 5.74) is 4.78. The SMILES string of the molecule is C[C@@H](OC(=O)c1ccc(Sc2ccccc2)c([N+](=O)[O-])c1)C(N)=O. The van der Waals surface area contributed by atoms with Crippen molar-refractivity contribution in [3.8, 4) is 0 Å². The average molecular weight is 346 g/mol. The molecule has 2 aromatic carbocycles. The minimum Gasteiger partial charge on any atom is -0.449 e. The third kappa shape index (κ3) is 4.32. The molecule has 7 nitrogen and oxygen atoms in total. The maximum Gasteiger partial charge on any atom is 0.339 e. The van der Waals surface area contributed by atoms with Gasteiger partial charge in [0, 0.05) is 11.0 Å². The van der Waals surface area contributed by atoms with Gasteiger partial charge in [-0.15, -0.1) is 0 Å². The van der Waals surface area contributed by atoms with Gasteiger partial charge in [0.15, 0.2) is 6.10 Å². The molecule has 0 saturated heterocycles. The second-order valence-electron chi connectivity index (χ2n) is 4.80. The number of ether oxygens (including phenoxy) is 1. The number of nitrogens with zero attached hydrogens (tertiary/aromatic N) is 1. The summed E-state index contributed by atoms with van der Waals surface area (Å²) in [6, 6.07) is 13.2. The number of nitrogens with two attached hydrogens (primary N) is 1. The maximum atomic E-state index is 11.9. The largest absolute Gasteiger partial charge is 0.449 e. The van der Waals surface area contributed by atoms with Gasteiger partial charge in [0.1, 0.15) is 0 Å². The number of esters is 1. The molecule has 0 radical (unpaired) electrons. The summed E-state index contributed by atoms with van der Waals surface area (Å²) in [7, 11) is 0. The first-order valence-corrected chi connectivity index (χ1v) is 7.71. The predicted molar refractivity (Wildman–Crippen MR) is 87.7 cm³/mol. The molecule has 0 aliphatic heterocycles. The fraction of sp³-hybridized carbons (Fsp3) is 0.125. The second kappa shape index (κ2) is 7.60. The van der Waals surface area contributed by atoms with Crippen LogP contribution < -0.4 is 5.73 Å². The molecule has 1 amide bonds. The Hall–Kier alpha value is -2.87. The van der Waals surface area contributed by atoms with Crippen molar-refractivity contribution in [3.05, 3.63) is 64.2 Å². The highest BCUT2D eigenvalue weighted by Gasteiger charge is 2.21. The molecule has 0 heterocycles. The van der Waals surface area contributed by atoms with E-state index in [2.05, 4.69) is 0 Å². The van der Waals surface area contributed by atoms with E-state index in [0.717, 1.165) is 11.0 Å². The van der Waals surface area contributed by atoms with Crippen LogP contribution in [-0.4, -0.2) is 22.9 Å². The molecule has 0 fully saturated rings. The van der Waals surface area contributed by atoms with Crippen LogP contribution in [0.2, 0.25) is 0 Å². The van der Waals surface area contributed by atoms with Gasteiger partial charge in [0.2, 0.25) is 0 Å². The van der Waals surface area contributed by atoms with Crippen molar-refractivity contribution >= 4 is 29.3 Å². The minimum atomic E-state index is -1.12. The van der Waals surface area contributed by atoms with E-state index in [9.17, 15) is 19.7 Å². The zero-order valence-corrected chi connectivity index (χ0v) is 13.5. The molecule has 124 valence electrons. The number of amides is 1. The molecule has 2 N–H and O–H groups in total. The lowest BCUT2D eigenvalue weighted by atomic mass is 10.2. The molecule has 2 aromatic rings. The Kier molecular flexibility index (Phi) is 5.54. The van der Waals surface area contributed by atoms with Crippen LogP contribution in [-0.2, 0) is 9.53 Å². The van der Waals surface area contributed by atoms with Gasteiger partial charge in [-0.1, -0.05) is 30.0 Å². The first kappa shape index (κ1) is 17.5. The fourth-order valence-corrected chi connectivity index (χ4v) is 2.70. The topological polar surface area (TPSA) is 113 Å². The van der Waals surface area contributed by atoms with Crippen molar-refractivity contribution in [2.24, 2.45) is 5.73 Å². The Morgan fingerprint density at radius 1 is 1.21 bits per heavy atom. The number of hydrogen-bond acceptors (Lipinski definition) is 6. The summed E-state index contributed by atoms with van der Waals surface area (Å²) in [5, 5.41) is 11.3. The van der Waals surface area contributed by atoms with Gasteiger partial charge in [-0.3, -0.25) is 14.9 Å². The molecule has 24 heavy (non-hydrogen) atoms. The highest BCUT2D eigenvalue weighted by molar-refractivity contribution is 7.99. The Balaban J connectivity index is 2.28. The normalized spacial score (nSPS) is 11.5. The molecule has 0 aliphatic rings. The van der Waals surface area contributed by atoms with Crippen molar-refractivity contribution in [1.82, 2.24) is 0 Å². The van der Waals surface area contributed by atoms with Crippen molar-refractivity contribution in [1.29, 1.82) is 0 Å². The van der Waals surface area contributed by atoms with Crippen molar-refractivity contribution in [3.63, 3.8) is 0 Å². The number of hydrogen-bond donors (Lipinski definition) is 1. The third-order valence-corrected chi connectivity index (χ3v) is 4.12. The summed E-state index contributed by atoms with van der Waals surface area (Å²) in [6.07, 6.45) is -1.12. The number of benzene rings is 2. The number of primary amides is 1. The van der Waals surface area contributed by atoms with E-state index in [1.54, 1.807) is 0 Å². The van der Waals surface area contributed by atoms with E-state index < -0.39 is 22.9 Å². The molecular weight excluding hydrogens is 332 g/mol. The lowest BCUT2D eigenvalue weighted by Crippen LogP contribution is -2.30. The van der Waals surface area contributed by atoms with Crippen molar-refractivity contribution in [2.45, 2.75) is 22.8 Å². The van der Waals surface area contributed by atoms with Crippen LogP contribution in [0.3, 0.4) is 0 Å². The summed E-state index contributed by atoms with van der Waals surface area (Å²) in [4.78, 5) is 34.8. The van der Waals surface area contributed by atoms with Gasteiger partial charge in [0.25, 0.3) is 11.6 Å². The van der Waals surface area contributed by atoms with Crippen LogP contribution in [0.15, 0.2) is 58.3 Å². The number of nitro benzene ring substituents is 1. The third-order valence-electron chi connectivity index (χ3n) is 3.05. The van der Waals surface area contributed by atoms with Crippen molar-refractivity contribution in [2.75, 3.05) is 0 Å². The molecule has 0 aromatic heterocycles. The van der Waals surface area contributed by atoms with Crippen LogP contribution >= 0.6 is 11.8 Å². The Morgan fingerprint density at radius 2 is 1.88 bits per heavy atom. The van der Waals surface area contributed by atoms with Crippen LogP contribution in [0.25, 0.3) is 0 Å². The number of carbonyl (C=O) groups is 2. The van der Waals surface area contributed by atoms with Gasteiger partial charge in [0.05, 0.1) is 15.4 Å². The molecular formula is C16H14N2O5S. The standard InChI is InChI=1S/C16H14N2O5S/c1-10(15(17)19)23-16(20)11-7-8-14(13(9-11)18(21)22)24-12-5-3-2-4-6-12/h2-10H,1H3,(H2,17,19)/t10-/m1/s1. The first-order valence-electron chi connectivity index (χ1n) is 6.90. The van der Waals surface area contributed by atoms with Gasteiger partial charge in [-0.25, -0.2) is 4.79 Å². The van der Waals surface area contributed by atoms with Crippen LogP contribution in [0.4, 0.5) is 5.69 Å². The predicted octanol–water partition coefficient (Wildman–Crippen LogP) is 2.78. The number of carbonyl (C=O) groups excluding carboxylic acids is 2. The van der Waals surface area contributed by atoms with Gasteiger partial charge >= 0.3 is 5.97 Å². The zero-order valence-electron chi connectivity index (χ0n) is 12.7. The smallest absolute Gasteiger partial charge is 0.339 e. The zero-order chi connectivity index (χ0) is 17.7. The summed E-state index contributed by atoms with van der Waals surface area (Å²) in [6.45, 7) is 1.33. The molecule has 0 bridgehead atoms. The van der Waals surface area contributed by atoms with E-state index in [4.69, 9.17) is 10.5 Å². The monoisotopic (exact) mass is 346 g/mol. The number of nitro groups is 1. The molecule has 0 saturated carbocycles. The van der Waals surface area contributed by atoms with E-state index >= 15 is 0 Å². The lowest BCUT2D eigenvalue weighted by molar-refractivity contribution is -0.387. The van der Waals surface area contributed by atoms with Gasteiger partial charge < -0.3 is 10.5 Å². The van der Waals surface area contributed by atoms with Crippen LogP contribution in [0.1, 0.15) is 17.3 Å².